The average molecular weight is 313 g/mol. The van der Waals surface area contributed by atoms with E-state index >= 15 is 0 Å². The van der Waals surface area contributed by atoms with Crippen LogP contribution in [0.1, 0.15) is 6.92 Å². The molecule has 1 aliphatic heterocycles. The van der Waals surface area contributed by atoms with E-state index in [1.54, 1.807) is 12.3 Å². The summed E-state index contributed by atoms with van der Waals surface area (Å²) >= 11 is 3.39. The van der Waals surface area contributed by atoms with E-state index in [1.165, 1.54) is 4.68 Å². The lowest BCUT2D eigenvalue weighted by Gasteiger charge is -2.33. The summed E-state index contributed by atoms with van der Waals surface area (Å²) in [4.78, 5) is 14.2. The van der Waals surface area contributed by atoms with Crippen molar-refractivity contribution in [1.82, 2.24) is 15.1 Å². The Morgan fingerprint density at radius 2 is 2.50 bits per heavy atom. The molecule has 0 aromatic carbocycles. The van der Waals surface area contributed by atoms with Gasteiger partial charge in [-0.2, -0.15) is 5.10 Å². The number of hydrogen-bond acceptors (Lipinski definition) is 4. The van der Waals surface area contributed by atoms with E-state index < -0.39 is 0 Å². The first-order valence-corrected chi connectivity index (χ1v) is 6.77. The van der Waals surface area contributed by atoms with E-state index in [0.717, 1.165) is 25.3 Å². The third kappa shape index (κ3) is 2.64. The number of halogens is 1. The molecular weight excluding hydrogens is 296 g/mol. The van der Waals surface area contributed by atoms with E-state index in [1.807, 2.05) is 0 Å². The van der Waals surface area contributed by atoms with E-state index in [-0.39, 0.29) is 5.56 Å². The van der Waals surface area contributed by atoms with Gasteiger partial charge in [0.15, 0.2) is 0 Å². The van der Waals surface area contributed by atoms with Crippen LogP contribution in [0.15, 0.2) is 28.1 Å². The van der Waals surface area contributed by atoms with Crippen molar-refractivity contribution < 1.29 is 0 Å². The van der Waals surface area contributed by atoms with Crippen LogP contribution in [0.4, 0.5) is 5.69 Å². The number of piperazine rings is 1. The van der Waals surface area contributed by atoms with Gasteiger partial charge in [-0.3, -0.25) is 4.79 Å². The van der Waals surface area contributed by atoms with Crippen molar-refractivity contribution in [3.8, 4) is 0 Å². The predicted molar refractivity (Wildman–Crippen MR) is 76.1 cm³/mol. The monoisotopic (exact) mass is 312 g/mol. The molecule has 1 atom stereocenters. The summed E-state index contributed by atoms with van der Waals surface area (Å²) in [5, 5.41) is 7.54. The van der Waals surface area contributed by atoms with Gasteiger partial charge in [0.05, 0.1) is 18.4 Å². The third-order valence-electron chi connectivity index (χ3n) is 2.98. The lowest BCUT2D eigenvalue weighted by atomic mass is 10.2. The van der Waals surface area contributed by atoms with Gasteiger partial charge in [-0.05, 0) is 22.9 Å². The first-order chi connectivity index (χ1) is 8.63. The SMILES string of the molecule is C=CCn1ncc(N2CCN[C@H](C)C2)c(Br)c1=O. The molecule has 0 radical (unpaired) electrons. The lowest BCUT2D eigenvalue weighted by molar-refractivity contribution is 0.482. The molecule has 1 saturated heterocycles. The Morgan fingerprint density at radius 1 is 1.72 bits per heavy atom. The molecule has 98 valence electrons. The van der Waals surface area contributed by atoms with Gasteiger partial charge in [0.1, 0.15) is 4.47 Å². The number of rotatable bonds is 3. The minimum absolute atomic E-state index is 0.112. The molecule has 1 fully saturated rings. The number of nitrogens with one attached hydrogen (secondary N) is 1. The van der Waals surface area contributed by atoms with Gasteiger partial charge >= 0.3 is 0 Å². The third-order valence-corrected chi connectivity index (χ3v) is 3.72. The van der Waals surface area contributed by atoms with E-state index in [9.17, 15) is 4.79 Å². The van der Waals surface area contributed by atoms with Crippen LogP contribution < -0.4 is 15.8 Å². The second-order valence-corrected chi connectivity index (χ2v) is 5.21. The van der Waals surface area contributed by atoms with Crippen LogP contribution in [0.25, 0.3) is 0 Å². The molecular formula is C12H17BrN4O. The van der Waals surface area contributed by atoms with Crippen molar-refractivity contribution >= 4 is 21.6 Å². The normalized spacial score (nSPS) is 19.9. The molecule has 1 N–H and O–H groups in total. The van der Waals surface area contributed by atoms with E-state index in [4.69, 9.17) is 0 Å². The minimum Gasteiger partial charge on any atom is -0.366 e. The molecule has 0 saturated carbocycles. The highest BCUT2D eigenvalue weighted by atomic mass is 79.9. The molecule has 0 bridgehead atoms. The fourth-order valence-corrected chi connectivity index (χ4v) is 2.64. The van der Waals surface area contributed by atoms with Crippen molar-refractivity contribution in [3.63, 3.8) is 0 Å². The summed E-state index contributed by atoms with van der Waals surface area (Å²) in [6, 6.07) is 0.418. The Labute approximate surface area is 115 Å². The van der Waals surface area contributed by atoms with Gasteiger partial charge in [-0.1, -0.05) is 6.08 Å². The van der Waals surface area contributed by atoms with Gasteiger partial charge in [-0.15, -0.1) is 6.58 Å². The Balaban J connectivity index is 2.31. The zero-order valence-electron chi connectivity index (χ0n) is 10.4. The second-order valence-electron chi connectivity index (χ2n) is 4.42. The van der Waals surface area contributed by atoms with Crippen LogP contribution >= 0.6 is 15.9 Å². The predicted octanol–water partition coefficient (Wildman–Crippen LogP) is 0.990. The van der Waals surface area contributed by atoms with Crippen LogP contribution in [0.5, 0.6) is 0 Å². The lowest BCUT2D eigenvalue weighted by Crippen LogP contribution is -2.49. The first-order valence-electron chi connectivity index (χ1n) is 5.98. The first kappa shape index (κ1) is 13.3. The molecule has 6 heteroatoms. The zero-order chi connectivity index (χ0) is 13.1. The number of allylic oxidation sites excluding steroid dienone is 1. The highest BCUT2D eigenvalue weighted by Crippen LogP contribution is 2.22. The van der Waals surface area contributed by atoms with E-state index in [0.29, 0.717) is 17.1 Å². The maximum atomic E-state index is 12.1. The Kier molecular flexibility index (Phi) is 4.19. The Bertz CT molecular complexity index is 499. The fourth-order valence-electron chi connectivity index (χ4n) is 2.08. The topological polar surface area (TPSA) is 50.2 Å². The number of hydrogen-bond donors (Lipinski definition) is 1. The summed E-state index contributed by atoms with van der Waals surface area (Å²) in [5.74, 6) is 0. The van der Waals surface area contributed by atoms with Crippen molar-refractivity contribution in [2.24, 2.45) is 0 Å². The number of nitrogens with zero attached hydrogens (tertiary/aromatic N) is 3. The van der Waals surface area contributed by atoms with Crippen molar-refractivity contribution in [2.45, 2.75) is 19.5 Å². The summed E-state index contributed by atoms with van der Waals surface area (Å²) in [5.41, 5.74) is 0.757. The van der Waals surface area contributed by atoms with Crippen molar-refractivity contribution in [2.75, 3.05) is 24.5 Å². The summed E-state index contributed by atoms with van der Waals surface area (Å²) < 4.78 is 1.97. The maximum absolute atomic E-state index is 12.1. The molecule has 2 heterocycles. The molecule has 2 rings (SSSR count). The standard InChI is InChI=1S/C12H17BrN4O/c1-3-5-17-12(18)11(13)10(7-15-17)16-6-4-14-9(2)8-16/h3,7,9,14H,1,4-6,8H2,2H3/t9-/m1/s1. The molecule has 1 aromatic rings. The van der Waals surface area contributed by atoms with Gasteiger partial charge in [0, 0.05) is 25.7 Å². The van der Waals surface area contributed by atoms with Gasteiger partial charge in [-0.25, -0.2) is 4.68 Å². The zero-order valence-corrected chi connectivity index (χ0v) is 12.0. The quantitative estimate of drug-likeness (QED) is 0.846. The van der Waals surface area contributed by atoms with Crippen molar-refractivity contribution in [3.05, 3.63) is 33.7 Å². The average Bonchev–Trinajstić information content (AvgIpc) is 2.35. The molecule has 5 nitrogen and oxygen atoms in total. The van der Waals surface area contributed by atoms with Crippen LogP contribution in [0.2, 0.25) is 0 Å². The highest BCUT2D eigenvalue weighted by molar-refractivity contribution is 9.10. The molecule has 18 heavy (non-hydrogen) atoms. The number of aromatic nitrogens is 2. The van der Waals surface area contributed by atoms with Gasteiger partial charge in [0.2, 0.25) is 0 Å². The summed E-state index contributed by atoms with van der Waals surface area (Å²) in [6.07, 6.45) is 3.40. The van der Waals surface area contributed by atoms with Gasteiger partial charge in [0.25, 0.3) is 5.56 Å². The molecule has 0 amide bonds. The second kappa shape index (κ2) is 5.67. The van der Waals surface area contributed by atoms with Crippen molar-refractivity contribution in [1.29, 1.82) is 0 Å². The number of anilines is 1. The minimum atomic E-state index is -0.112. The highest BCUT2D eigenvalue weighted by Gasteiger charge is 2.20. The summed E-state index contributed by atoms with van der Waals surface area (Å²) in [7, 11) is 0. The fraction of sp³-hybridized carbons (Fsp3) is 0.500. The van der Waals surface area contributed by atoms with E-state index in [2.05, 4.69) is 44.7 Å². The molecule has 0 unspecified atom stereocenters. The molecule has 0 spiro atoms. The Hall–Kier alpha value is -1.14. The molecule has 1 aromatic heterocycles. The smallest absolute Gasteiger partial charge is 0.283 e. The largest absolute Gasteiger partial charge is 0.366 e. The van der Waals surface area contributed by atoms with Crippen LogP contribution in [0, 0.1) is 0 Å². The van der Waals surface area contributed by atoms with Crippen LogP contribution in [-0.4, -0.2) is 35.5 Å². The van der Waals surface area contributed by atoms with Crippen LogP contribution in [0.3, 0.4) is 0 Å². The maximum Gasteiger partial charge on any atom is 0.283 e. The van der Waals surface area contributed by atoms with Crippen LogP contribution in [-0.2, 0) is 6.54 Å². The Morgan fingerprint density at radius 3 is 3.17 bits per heavy atom. The molecule has 1 aliphatic rings. The molecule has 0 aliphatic carbocycles. The summed E-state index contributed by atoms with van der Waals surface area (Å²) in [6.45, 7) is 8.86. The van der Waals surface area contributed by atoms with Gasteiger partial charge < -0.3 is 10.2 Å².